The minimum Gasteiger partial charge on any atom is -0.497 e. The number of carbonyl (C=O) groups is 1. The molecule has 0 aromatic heterocycles. The molecule has 5 heteroatoms. The fraction of sp³-hybridized carbons (Fsp3) is 0.381. The molecular weight excluding hydrogens is 335 g/mol. The molecule has 144 valence electrons. The van der Waals surface area contributed by atoms with Gasteiger partial charge < -0.3 is 14.2 Å². The first-order valence-corrected chi connectivity index (χ1v) is 8.86. The SMILES string of the molecule is CC.CC.CCOC(=O)c1ccc(OC)cc1COc1ccc(F)cc1. The molecule has 0 saturated carbocycles. The highest BCUT2D eigenvalue weighted by molar-refractivity contribution is 5.91. The highest BCUT2D eigenvalue weighted by Crippen LogP contribution is 2.21. The van der Waals surface area contributed by atoms with Crippen molar-refractivity contribution in [1.82, 2.24) is 0 Å². The van der Waals surface area contributed by atoms with E-state index in [2.05, 4.69) is 0 Å². The van der Waals surface area contributed by atoms with E-state index in [-0.39, 0.29) is 12.4 Å². The second-order valence-electron chi connectivity index (χ2n) is 4.49. The van der Waals surface area contributed by atoms with E-state index in [4.69, 9.17) is 14.2 Å². The number of hydrogen-bond acceptors (Lipinski definition) is 4. The zero-order valence-electron chi connectivity index (χ0n) is 16.5. The van der Waals surface area contributed by atoms with Crippen molar-refractivity contribution >= 4 is 5.97 Å². The Kier molecular flexibility index (Phi) is 12.4. The zero-order valence-corrected chi connectivity index (χ0v) is 16.5. The van der Waals surface area contributed by atoms with Crippen LogP contribution in [0.25, 0.3) is 0 Å². The number of methoxy groups -OCH3 is 1. The Morgan fingerprint density at radius 3 is 2.08 bits per heavy atom. The monoisotopic (exact) mass is 364 g/mol. The maximum absolute atomic E-state index is 12.9. The molecule has 0 heterocycles. The van der Waals surface area contributed by atoms with Crippen molar-refractivity contribution in [3.63, 3.8) is 0 Å². The second kappa shape index (κ2) is 13.7. The van der Waals surface area contributed by atoms with Crippen LogP contribution in [0.3, 0.4) is 0 Å². The standard InChI is InChI=1S/C17H17FO4.2C2H6/c1-3-21-17(19)16-9-8-15(20-2)10-12(16)11-22-14-6-4-13(18)5-7-14;2*1-2/h4-10H,3,11H2,1-2H3;2*1-2H3. The van der Waals surface area contributed by atoms with E-state index in [1.54, 1.807) is 32.2 Å². The summed E-state index contributed by atoms with van der Waals surface area (Å²) in [6, 6.07) is 10.7. The first-order valence-electron chi connectivity index (χ1n) is 8.86. The van der Waals surface area contributed by atoms with Crippen molar-refractivity contribution in [2.75, 3.05) is 13.7 Å². The van der Waals surface area contributed by atoms with Crippen LogP contribution in [0.5, 0.6) is 11.5 Å². The molecule has 26 heavy (non-hydrogen) atoms. The number of rotatable bonds is 6. The van der Waals surface area contributed by atoms with E-state index in [0.717, 1.165) is 0 Å². The Morgan fingerprint density at radius 1 is 0.962 bits per heavy atom. The predicted octanol–water partition coefficient (Wildman–Crippen LogP) is 5.64. The van der Waals surface area contributed by atoms with Gasteiger partial charge in [-0.1, -0.05) is 27.7 Å². The molecule has 0 amide bonds. The van der Waals surface area contributed by atoms with Gasteiger partial charge in [-0.25, -0.2) is 9.18 Å². The van der Waals surface area contributed by atoms with Gasteiger partial charge in [-0.2, -0.15) is 0 Å². The maximum Gasteiger partial charge on any atom is 0.338 e. The molecule has 2 rings (SSSR count). The summed E-state index contributed by atoms with van der Waals surface area (Å²) in [6.45, 7) is 10.2. The Hall–Kier alpha value is -2.56. The van der Waals surface area contributed by atoms with E-state index in [1.165, 1.54) is 24.3 Å². The van der Waals surface area contributed by atoms with Crippen molar-refractivity contribution in [1.29, 1.82) is 0 Å². The van der Waals surface area contributed by atoms with Gasteiger partial charge in [0, 0.05) is 5.56 Å². The quantitative estimate of drug-likeness (QED) is 0.622. The summed E-state index contributed by atoms with van der Waals surface area (Å²) in [5.74, 6) is 0.383. The van der Waals surface area contributed by atoms with Gasteiger partial charge in [-0.3, -0.25) is 0 Å². The molecular formula is C21H29FO4. The Bertz CT molecular complexity index is 639. The van der Waals surface area contributed by atoms with Crippen LogP contribution in [-0.2, 0) is 11.3 Å². The zero-order chi connectivity index (χ0) is 19.9. The van der Waals surface area contributed by atoms with Crippen LogP contribution in [0.1, 0.15) is 50.5 Å². The third kappa shape index (κ3) is 7.55. The minimum atomic E-state index is -0.414. The van der Waals surface area contributed by atoms with E-state index >= 15 is 0 Å². The van der Waals surface area contributed by atoms with Crippen LogP contribution >= 0.6 is 0 Å². The summed E-state index contributed by atoms with van der Waals surface area (Å²) < 4.78 is 28.6. The molecule has 2 aromatic rings. The van der Waals surface area contributed by atoms with Crippen LogP contribution < -0.4 is 9.47 Å². The van der Waals surface area contributed by atoms with Gasteiger partial charge >= 0.3 is 5.97 Å². The number of halogens is 1. The normalized spacial score (nSPS) is 9.04. The number of ether oxygens (including phenoxy) is 3. The van der Waals surface area contributed by atoms with Gasteiger partial charge in [0.1, 0.15) is 23.9 Å². The molecule has 0 spiro atoms. The Labute approximate surface area is 155 Å². The summed E-state index contributed by atoms with van der Waals surface area (Å²) in [5, 5.41) is 0. The first kappa shape index (κ1) is 23.4. The number of esters is 1. The lowest BCUT2D eigenvalue weighted by Gasteiger charge is -2.12. The summed E-state index contributed by atoms with van der Waals surface area (Å²) in [5.41, 5.74) is 1.06. The molecule has 0 aliphatic rings. The van der Waals surface area contributed by atoms with Gasteiger partial charge in [-0.15, -0.1) is 0 Å². The van der Waals surface area contributed by atoms with Crippen molar-refractivity contribution in [2.24, 2.45) is 0 Å². The molecule has 4 nitrogen and oxygen atoms in total. The van der Waals surface area contributed by atoms with Crippen LogP contribution in [0.4, 0.5) is 4.39 Å². The van der Waals surface area contributed by atoms with Gasteiger partial charge in [0.05, 0.1) is 19.3 Å². The lowest BCUT2D eigenvalue weighted by molar-refractivity contribution is 0.0523. The minimum absolute atomic E-state index is 0.150. The van der Waals surface area contributed by atoms with Crippen LogP contribution in [-0.4, -0.2) is 19.7 Å². The molecule has 0 atom stereocenters. The van der Waals surface area contributed by atoms with Gasteiger partial charge in [0.25, 0.3) is 0 Å². The van der Waals surface area contributed by atoms with E-state index in [1.807, 2.05) is 27.7 Å². The van der Waals surface area contributed by atoms with Crippen LogP contribution in [0.15, 0.2) is 42.5 Å². The van der Waals surface area contributed by atoms with Crippen molar-refractivity contribution in [3.05, 3.63) is 59.4 Å². The maximum atomic E-state index is 12.9. The van der Waals surface area contributed by atoms with E-state index in [0.29, 0.717) is 29.2 Å². The van der Waals surface area contributed by atoms with Crippen molar-refractivity contribution in [2.45, 2.75) is 41.2 Å². The molecule has 0 radical (unpaired) electrons. The average molecular weight is 364 g/mol. The third-order valence-corrected chi connectivity index (χ3v) is 3.02. The molecule has 0 unspecified atom stereocenters. The van der Waals surface area contributed by atoms with Gasteiger partial charge in [-0.05, 0) is 49.4 Å². The summed E-state index contributed by atoms with van der Waals surface area (Å²) >= 11 is 0. The Balaban J connectivity index is 0.00000146. The second-order valence-corrected chi connectivity index (χ2v) is 4.49. The molecule has 0 aliphatic carbocycles. The molecule has 0 fully saturated rings. The summed E-state index contributed by atoms with van der Waals surface area (Å²) in [6.07, 6.45) is 0. The molecule has 0 N–H and O–H groups in total. The highest BCUT2D eigenvalue weighted by atomic mass is 19.1. The van der Waals surface area contributed by atoms with Crippen molar-refractivity contribution in [3.8, 4) is 11.5 Å². The van der Waals surface area contributed by atoms with Crippen LogP contribution in [0, 0.1) is 5.82 Å². The lowest BCUT2D eigenvalue weighted by Crippen LogP contribution is -2.10. The van der Waals surface area contributed by atoms with Crippen molar-refractivity contribution < 1.29 is 23.4 Å². The molecule has 2 aromatic carbocycles. The number of hydrogen-bond donors (Lipinski definition) is 0. The van der Waals surface area contributed by atoms with Crippen LogP contribution in [0.2, 0.25) is 0 Å². The molecule has 0 bridgehead atoms. The Morgan fingerprint density at radius 2 is 1.54 bits per heavy atom. The molecule has 0 aliphatic heterocycles. The largest absolute Gasteiger partial charge is 0.497 e. The smallest absolute Gasteiger partial charge is 0.338 e. The summed E-state index contributed by atoms with van der Waals surface area (Å²) in [4.78, 5) is 12.0. The third-order valence-electron chi connectivity index (χ3n) is 3.02. The predicted molar refractivity (Wildman–Crippen MR) is 102 cm³/mol. The lowest BCUT2D eigenvalue weighted by atomic mass is 10.1. The fourth-order valence-corrected chi connectivity index (χ4v) is 1.92. The topological polar surface area (TPSA) is 44.8 Å². The number of carbonyl (C=O) groups excluding carboxylic acids is 1. The fourth-order valence-electron chi connectivity index (χ4n) is 1.92. The molecule has 0 saturated heterocycles. The average Bonchev–Trinajstić information content (AvgIpc) is 2.70. The number of benzene rings is 2. The summed E-state index contributed by atoms with van der Waals surface area (Å²) in [7, 11) is 1.55. The van der Waals surface area contributed by atoms with E-state index in [9.17, 15) is 9.18 Å². The van der Waals surface area contributed by atoms with Gasteiger partial charge in [0.2, 0.25) is 0 Å². The first-order chi connectivity index (χ1) is 12.6. The van der Waals surface area contributed by atoms with Gasteiger partial charge in [0.15, 0.2) is 0 Å². The highest BCUT2D eigenvalue weighted by Gasteiger charge is 2.14. The van der Waals surface area contributed by atoms with E-state index < -0.39 is 5.97 Å².